The Balaban J connectivity index is 2.58. The summed E-state index contributed by atoms with van der Waals surface area (Å²) in [6.45, 7) is 2.10. The zero-order valence-corrected chi connectivity index (χ0v) is 9.34. The maximum atomic E-state index is 11.2. The molecule has 2 N–H and O–H groups in total. The standard InChI is InChI=1S/C10H15N3O3/c1-3-16-9(14)4-8(11)7-5-12-10(15-2)13-6-7/h5-6,8H,3-4,11H2,1-2H3/t8-/m0/s1. The summed E-state index contributed by atoms with van der Waals surface area (Å²) in [5.41, 5.74) is 6.47. The zero-order valence-electron chi connectivity index (χ0n) is 9.34. The molecule has 0 fully saturated rings. The van der Waals surface area contributed by atoms with E-state index < -0.39 is 6.04 Å². The number of nitrogens with zero attached hydrogens (tertiary/aromatic N) is 2. The van der Waals surface area contributed by atoms with E-state index in [1.54, 1.807) is 6.92 Å². The van der Waals surface area contributed by atoms with Crippen LogP contribution in [0, 0.1) is 0 Å². The van der Waals surface area contributed by atoms with Crippen molar-refractivity contribution in [3.8, 4) is 6.01 Å². The van der Waals surface area contributed by atoms with Gasteiger partial charge in [-0.1, -0.05) is 0 Å². The molecule has 6 nitrogen and oxygen atoms in total. The van der Waals surface area contributed by atoms with E-state index in [0.29, 0.717) is 12.2 Å². The van der Waals surface area contributed by atoms with Crippen LogP contribution in [0.25, 0.3) is 0 Å². The Hall–Kier alpha value is -1.69. The lowest BCUT2D eigenvalue weighted by Gasteiger charge is -2.10. The number of methoxy groups -OCH3 is 1. The van der Waals surface area contributed by atoms with Crippen LogP contribution in [0.1, 0.15) is 24.9 Å². The molecular weight excluding hydrogens is 210 g/mol. The van der Waals surface area contributed by atoms with Gasteiger partial charge in [0, 0.05) is 24.0 Å². The quantitative estimate of drug-likeness (QED) is 0.731. The van der Waals surface area contributed by atoms with Gasteiger partial charge >= 0.3 is 12.0 Å². The molecule has 0 radical (unpaired) electrons. The first-order chi connectivity index (χ1) is 7.67. The predicted molar refractivity (Wildman–Crippen MR) is 56.8 cm³/mol. The van der Waals surface area contributed by atoms with Crippen LogP contribution >= 0.6 is 0 Å². The normalized spacial score (nSPS) is 11.9. The van der Waals surface area contributed by atoms with Crippen molar-refractivity contribution in [3.05, 3.63) is 18.0 Å². The minimum atomic E-state index is -0.454. The average molecular weight is 225 g/mol. The second kappa shape index (κ2) is 6.02. The minimum absolute atomic E-state index is 0.115. The van der Waals surface area contributed by atoms with Crippen molar-refractivity contribution in [1.82, 2.24) is 9.97 Å². The zero-order chi connectivity index (χ0) is 12.0. The third kappa shape index (κ3) is 3.47. The van der Waals surface area contributed by atoms with Crippen LogP contribution in [-0.2, 0) is 9.53 Å². The Kier molecular flexibility index (Phi) is 4.65. The molecule has 1 atom stereocenters. The summed E-state index contributed by atoms with van der Waals surface area (Å²) in [5, 5.41) is 0. The van der Waals surface area contributed by atoms with Crippen molar-refractivity contribution in [3.63, 3.8) is 0 Å². The van der Waals surface area contributed by atoms with E-state index in [4.69, 9.17) is 15.2 Å². The van der Waals surface area contributed by atoms with Gasteiger partial charge in [-0.25, -0.2) is 9.97 Å². The Morgan fingerprint density at radius 2 is 2.12 bits per heavy atom. The molecule has 88 valence electrons. The van der Waals surface area contributed by atoms with Crippen LogP contribution in [0.15, 0.2) is 12.4 Å². The lowest BCUT2D eigenvalue weighted by atomic mass is 10.1. The van der Waals surface area contributed by atoms with Gasteiger partial charge in [0.1, 0.15) is 0 Å². The average Bonchev–Trinajstić information content (AvgIpc) is 2.29. The van der Waals surface area contributed by atoms with Crippen LogP contribution in [-0.4, -0.2) is 29.7 Å². The van der Waals surface area contributed by atoms with Crippen molar-refractivity contribution in [2.24, 2.45) is 5.73 Å². The molecule has 0 bridgehead atoms. The van der Waals surface area contributed by atoms with Gasteiger partial charge in [0.25, 0.3) is 0 Å². The molecule has 6 heteroatoms. The maximum absolute atomic E-state index is 11.2. The number of esters is 1. The van der Waals surface area contributed by atoms with E-state index >= 15 is 0 Å². The van der Waals surface area contributed by atoms with Gasteiger partial charge in [-0.2, -0.15) is 0 Å². The van der Waals surface area contributed by atoms with Crippen molar-refractivity contribution in [1.29, 1.82) is 0 Å². The highest BCUT2D eigenvalue weighted by molar-refractivity contribution is 5.70. The summed E-state index contributed by atoms with van der Waals surface area (Å²) in [5.74, 6) is -0.328. The summed E-state index contributed by atoms with van der Waals surface area (Å²) < 4.78 is 9.61. The monoisotopic (exact) mass is 225 g/mol. The van der Waals surface area contributed by atoms with E-state index in [2.05, 4.69) is 9.97 Å². The predicted octanol–water partition coefficient (Wildman–Crippen LogP) is 0.438. The van der Waals surface area contributed by atoms with E-state index in [1.807, 2.05) is 0 Å². The molecular formula is C10H15N3O3. The third-order valence-electron chi connectivity index (χ3n) is 1.95. The lowest BCUT2D eigenvalue weighted by Crippen LogP contribution is -2.17. The highest BCUT2D eigenvalue weighted by atomic mass is 16.5. The molecule has 0 saturated carbocycles. The van der Waals surface area contributed by atoms with E-state index in [-0.39, 0.29) is 18.4 Å². The molecule has 0 aliphatic heterocycles. The summed E-state index contributed by atoms with van der Waals surface area (Å²) >= 11 is 0. The molecule has 1 rings (SSSR count). The van der Waals surface area contributed by atoms with Gasteiger partial charge in [-0.05, 0) is 6.92 Å². The number of hydrogen-bond donors (Lipinski definition) is 1. The minimum Gasteiger partial charge on any atom is -0.467 e. The Morgan fingerprint density at radius 1 is 1.50 bits per heavy atom. The van der Waals surface area contributed by atoms with Crippen molar-refractivity contribution < 1.29 is 14.3 Å². The fraction of sp³-hybridized carbons (Fsp3) is 0.500. The first kappa shape index (κ1) is 12.4. The molecule has 16 heavy (non-hydrogen) atoms. The number of aromatic nitrogens is 2. The fourth-order valence-corrected chi connectivity index (χ4v) is 1.14. The molecule has 0 amide bonds. The van der Waals surface area contributed by atoms with Crippen LogP contribution in [0.3, 0.4) is 0 Å². The Morgan fingerprint density at radius 3 is 2.62 bits per heavy atom. The van der Waals surface area contributed by atoms with Crippen LogP contribution < -0.4 is 10.5 Å². The van der Waals surface area contributed by atoms with Crippen LogP contribution in [0.5, 0.6) is 6.01 Å². The van der Waals surface area contributed by atoms with Gasteiger partial charge < -0.3 is 15.2 Å². The number of nitrogens with two attached hydrogens (primary N) is 1. The number of carbonyl (C=O) groups is 1. The van der Waals surface area contributed by atoms with Crippen molar-refractivity contribution in [2.45, 2.75) is 19.4 Å². The number of rotatable bonds is 5. The third-order valence-corrected chi connectivity index (χ3v) is 1.95. The SMILES string of the molecule is CCOC(=O)C[C@H](N)c1cnc(OC)nc1. The topological polar surface area (TPSA) is 87.3 Å². The summed E-state index contributed by atoms with van der Waals surface area (Å²) in [6.07, 6.45) is 3.19. The first-order valence-electron chi connectivity index (χ1n) is 4.94. The Bertz CT molecular complexity index is 340. The second-order valence-corrected chi connectivity index (χ2v) is 3.12. The molecule has 0 aliphatic carbocycles. The molecule has 0 aliphatic rings. The van der Waals surface area contributed by atoms with E-state index in [1.165, 1.54) is 19.5 Å². The molecule has 1 aromatic rings. The molecule has 1 heterocycles. The molecule has 0 aromatic carbocycles. The van der Waals surface area contributed by atoms with Gasteiger partial charge in [-0.15, -0.1) is 0 Å². The van der Waals surface area contributed by atoms with Crippen LogP contribution in [0.4, 0.5) is 0 Å². The number of carbonyl (C=O) groups excluding carboxylic acids is 1. The summed E-state index contributed by atoms with van der Waals surface area (Å²) in [7, 11) is 1.48. The maximum Gasteiger partial charge on any atom is 0.316 e. The molecule has 1 aromatic heterocycles. The fourth-order valence-electron chi connectivity index (χ4n) is 1.14. The molecule has 0 unspecified atom stereocenters. The molecule has 0 spiro atoms. The van der Waals surface area contributed by atoms with E-state index in [9.17, 15) is 4.79 Å². The molecule has 0 saturated heterocycles. The van der Waals surface area contributed by atoms with E-state index in [0.717, 1.165) is 0 Å². The van der Waals surface area contributed by atoms with Gasteiger partial charge in [0.05, 0.1) is 20.1 Å². The Labute approximate surface area is 93.8 Å². The van der Waals surface area contributed by atoms with Gasteiger partial charge in [0.15, 0.2) is 0 Å². The van der Waals surface area contributed by atoms with Gasteiger partial charge in [-0.3, -0.25) is 4.79 Å². The van der Waals surface area contributed by atoms with Gasteiger partial charge in [0.2, 0.25) is 0 Å². The van der Waals surface area contributed by atoms with Crippen molar-refractivity contribution in [2.75, 3.05) is 13.7 Å². The largest absolute Gasteiger partial charge is 0.467 e. The number of hydrogen-bond acceptors (Lipinski definition) is 6. The lowest BCUT2D eigenvalue weighted by molar-refractivity contribution is -0.143. The smallest absolute Gasteiger partial charge is 0.316 e. The summed E-state index contributed by atoms with van der Waals surface area (Å²) in [6, 6.07) is -0.183. The van der Waals surface area contributed by atoms with Crippen LogP contribution in [0.2, 0.25) is 0 Å². The summed E-state index contributed by atoms with van der Waals surface area (Å²) in [4.78, 5) is 19.0. The second-order valence-electron chi connectivity index (χ2n) is 3.12. The number of ether oxygens (including phenoxy) is 2. The highest BCUT2D eigenvalue weighted by Crippen LogP contribution is 2.13. The highest BCUT2D eigenvalue weighted by Gasteiger charge is 2.13. The van der Waals surface area contributed by atoms with Crippen molar-refractivity contribution >= 4 is 5.97 Å². The first-order valence-corrected chi connectivity index (χ1v) is 4.94.